The van der Waals surface area contributed by atoms with Gasteiger partial charge in [-0.2, -0.15) is 9.15 Å². The highest BCUT2D eigenvalue weighted by atomic mass is 79.9. The first-order valence-electron chi connectivity index (χ1n) is 45.5. The van der Waals surface area contributed by atoms with Gasteiger partial charge in [-0.25, -0.2) is 16.8 Å². The van der Waals surface area contributed by atoms with E-state index in [1.54, 1.807) is 19.1 Å². The third kappa shape index (κ3) is 25.8. The number of carboxylic acids is 1. The van der Waals surface area contributed by atoms with E-state index in [9.17, 15) is 40.6 Å². The average molecular weight is 1920 g/mol. The van der Waals surface area contributed by atoms with Gasteiger partial charge in [-0.3, -0.25) is 14.6 Å². The van der Waals surface area contributed by atoms with Crippen LogP contribution < -0.4 is 54.4 Å². The molecule has 12 rings (SSSR count). The molecule has 0 amide bonds. The number of carbonyl (C=O) groups excluding carboxylic acids is 1. The molecule has 4 heterocycles. The summed E-state index contributed by atoms with van der Waals surface area (Å²) in [5, 5.41) is 17.0. The maximum absolute atomic E-state index is 12.2. The Morgan fingerprint density at radius 3 is 1.13 bits per heavy atom. The van der Waals surface area contributed by atoms with Gasteiger partial charge < -0.3 is 81.5 Å². The van der Waals surface area contributed by atoms with Crippen LogP contribution in [0.1, 0.15) is 184 Å². The Bertz CT molecular complexity index is 5350. The van der Waals surface area contributed by atoms with E-state index < -0.39 is 37.0 Å². The van der Waals surface area contributed by atoms with Crippen LogP contribution in [-0.2, 0) is 64.3 Å². The number of nitrogens with zero attached hydrogens (tertiary/aromatic N) is 6. The Morgan fingerprint density at radius 1 is 0.445 bits per heavy atom. The quantitative estimate of drug-likeness (QED) is 0.0146. The number of ketones is 1. The topological polar surface area (TPSA) is 208 Å². The summed E-state index contributed by atoms with van der Waals surface area (Å²) in [6.07, 6.45) is 29.9. The second kappa shape index (κ2) is 41.3. The van der Waals surface area contributed by atoms with E-state index in [1.165, 1.54) is 89.3 Å². The summed E-state index contributed by atoms with van der Waals surface area (Å²) in [7, 11) is 17.5. The molecule has 0 spiro atoms. The molecule has 4 aliphatic heterocycles. The first kappa shape index (κ1) is 104. The minimum absolute atomic E-state index is 0. The SMILES string of the molecule is CC(=O)CCc1ccc(NC2=C(/C=C/C3=[N+](CCC[N+](C)(C)C)c4ccc(C)cc4C3(C)C)CCC/C2=C\C=C2\[NH+](CCC[N+](C)(C)C)c3ccc(S(=O)(=O)[O-])cc3C2(C)C)cc1.Cc1ccc2c(c1)C(C)(C)C(/C=C/C1=C(Nc3ccc(CCC(=O)O)cc3)C(=C/C=C3/[NH+](CCC[N+](C)(C)C)c4ccc(S(=O)(=O)[O-])cc4C3(C)C)/CCC1)=[N+]2CCC[N+](C)(C)C.[Br-].[Br-]. The maximum Gasteiger partial charge on any atom is 0.303 e. The van der Waals surface area contributed by atoms with Gasteiger partial charge in [0.05, 0.1) is 168 Å². The molecule has 2 atom stereocenters. The lowest BCUT2D eigenvalue weighted by Crippen LogP contribution is -3.05. The van der Waals surface area contributed by atoms with Crippen molar-refractivity contribution in [1.82, 2.24) is 0 Å². The van der Waals surface area contributed by atoms with E-state index in [4.69, 9.17) is 0 Å². The predicted molar refractivity (Wildman–Crippen MR) is 511 cm³/mol. The van der Waals surface area contributed by atoms with Crippen molar-refractivity contribution in [3.05, 3.63) is 260 Å². The molecule has 0 saturated carbocycles. The van der Waals surface area contributed by atoms with E-state index in [0.717, 1.165) is 209 Å². The van der Waals surface area contributed by atoms with Crippen LogP contribution in [0.15, 0.2) is 225 Å². The number of allylic oxidation sites excluding steroid dienone is 14. The third-order valence-electron chi connectivity index (χ3n) is 26.3. The molecular weight excluding hydrogens is 1770 g/mol. The molecule has 2 aliphatic carbocycles. The first-order chi connectivity index (χ1) is 58.7. The Hall–Kier alpha value is -8.14. The number of Topliss-reactive ketones (excluding diaryl/α,β-unsaturated/α-hetero) is 1. The molecule has 2 unspecified atom stereocenters. The van der Waals surface area contributed by atoms with Crippen LogP contribution >= 0.6 is 0 Å². The van der Waals surface area contributed by atoms with Crippen molar-refractivity contribution in [3.8, 4) is 0 Å². The maximum atomic E-state index is 12.2. The number of halogens is 2. The monoisotopic (exact) mass is 1910 g/mol. The molecule has 19 nitrogen and oxygen atoms in total. The second-order valence-corrected chi connectivity index (χ2v) is 45.1. The Balaban J connectivity index is 0.000000285. The Labute approximate surface area is 787 Å². The molecule has 0 saturated heterocycles. The smallest absolute Gasteiger partial charge is 0.303 e. The van der Waals surface area contributed by atoms with Crippen molar-refractivity contribution in [1.29, 1.82) is 0 Å². The molecule has 5 N–H and O–H groups in total. The fourth-order valence-corrected chi connectivity index (χ4v) is 20.3. The second-order valence-electron chi connectivity index (χ2n) is 42.3. The van der Waals surface area contributed by atoms with Gasteiger partial charge in [0, 0.05) is 107 Å². The summed E-state index contributed by atoms with van der Waals surface area (Å²) in [4.78, 5) is 25.1. The number of carboxylic acid groups (broad SMARTS) is 1. The fourth-order valence-electron chi connectivity index (χ4n) is 19.3. The minimum atomic E-state index is -4.62. The van der Waals surface area contributed by atoms with Gasteiger partial charge in [0.1, 0.15) is 48.8 Å². The van der Waals surface area contributed by atoms with Crippen molar-refractivity contribution in [2.45, 2.75) is 198 Å². The van der Waals surface area contributed by atoms with Gasteiger partial charge in [-0.05, 0) is 234 Å². The number of quaternary nitrogens is 6. The van der Waals surface area contributed by atoms with Gasteiger partial charge in [0.25, 0.3) is 0 Å². The lowest BCUT2D eigenvalue weighted by molar-refractivity contribution is -0.875. The number of aliphatic carboxylic acids is 1. The summed E-state index contributed by atoms with van der Waals surface area (Å²) < 4.78 is 82.0. The molecule has 6 aliphatic rings. The molecule has 692 valence electrons. The van der Waals surface area contributed by atoms with E-state index in [2.05, 4.69) is 283 Å². The molecule has 6 aromatic carbocycles. The third-order valence-corrected chi connectivity index (χ3v) is 27.9. The molecule has 0 bridgehead atoms. The summed E-state index contributed by atoms with van der Waals surface area (Å²) in [6.45, 7) is 31.6. The van der Waals surface area contributed by atoms with E-state index in [-0.39, 0.29) is 66.8 Å². The molecular formula is C105H146Br2N10O9S2+4. The van der Waals surface area contributed by atoms with Crippen LogP contribution in [0.4, 0.5) is 34.1 Å². The van der Waals surface area contributed by atoms with Crippen LogP contribution in [0.3, 0.4) is 0 Å². The lowest BCUT2D eigenvalue weighted by Gasteiger charge is -2.26. The predicted octanol–water partition coefficient (Wildman–Crippen LogP) is 10.3. The Kier molecular flexibility index (Phi) is 33.4. The van der Waals surface area contributed by atoms with Crippen molar-refractivity contribution in [2.24, 2.45) is 0 Å². The average Bonchev–Trinajstić information content (AvgIpc) is 1.61. The van der Waals surface area contributed by atoms with Crippen molar-refractivity contribution < 1.29 is 111 Å². The van der Waals surface area contributed by atoms with Gasteiger partial charge >= 0.3 is 5.97 Å². The normalized spacial score (nSPS) is 19.7. The molecule has 128 heavy (non-hydrogen) atoms. The first-order valence-corrected chi connectivity index (χ1v) is 48.3. The Morgan fingerprint density at radius 2 is 0.797 bits per heavy atom. The van der Waals surface area contributed by atoms with Crippen LogP contribution in [0.2, 0.25) is 0 Å². The van der Waals surface area contributed by atoms with Gasteiger partial charge in [0.2, 0.25) is 11.4 Å². The standard InChI is InChI=1S/C53H72N5O4S.C52H69N5O5S.2BrH/c1-38-18-28-47-45(36-38)52(3,4)49(55(47)32-14-34-57(7,8)9)30-23-41-16-13-17-42(51(41)54-43-25-21-40(22-26-43)20-19-39(2)59)24-31-50-53(5,6)46-37-44(63(60,61)62)27-29-48(46)56(50)33-15-35-58(10,11)12;1-37-17-26-45-43(35-37)51(2,3)47(54(45)31-13-33-56(6,7)8)28-21-39-15-12-16-40(50(39)53-41-23-18-38(19-24-41)20-30-49(58)59)22-29-48-52(4,5)44-36-42(63(60,61)62)25-27-46(44)55(48)32-14-34-57(9,10)11;;/h18,21-31,36-37H,13-17,19-20,32-35H2,1-12H3;17-19,21-29,35-36H,12-16,20,30-34H2,1-11H3;2*1H/q+1;;;/p+3/b42-24+,50-31+;40-22+,48-29+;;. The van der Waals surface area contributed by atoms with Crippen LogP contribution in [0, 0.1) is 13.8 Å². The van der Waals surface area contributed by atoms with Crippen LogP contribution in [-0.4, -0.2) is 218 Å². The van der Waals surface area contributed by atoms with E-state index >= 15 is 0 Å². The number of nitrogens with one attached hydrogen (secondary N) is 4. The number of rotatable bonds is 34. The molecule has 0 radical (unpaired) electrons. The highest BCUT2D eigenvalue weighted by Gasteiger charge is 2.50. The molecule has 0 aromatic heterocycles. The minimum Gasteiger partial charge on any atom is -1.00 e. The highest BCUT2D eigenvalue weighted by molar-refractivity contribution is 7.86. The highest BCUT2D eigenvalue weighted by Crippen LogP contribution is 2.46. The van der Waals surface area contributed by atoms with Crippen molar-refractivity contribution in [3.63, 3.8) is 0 Å². The van der Waals surface area contributed by atoms with Gasteiger partial charge in [-0.1, -0.05) is 71.8 Å². The zero-order valence-corrected chi connectivity index (χ0v) is 85.5. The number of carbonyl (C=O) groups is 2. The summed E-state index contributed by atoms with van der Waals surface area (Å²) in [5.41, 5.74) is 26.2. The number of hydrogen-bond donors (Lipinski definition) is 5. The van der Waals surface area contributed by atoms with Gasteiger partial charge in [0.15, 0.2) is 24.5 Å². The fraction of sp³-hybridized carbons (Fsp3) is 0.467. The summed E-state index contributed by atoms with van der Waals surface area (Å²) in [5.74, 6) is -0.617. The van der Waals surface area contributed by atoms with Crippen molar-refractivity contribution in [2.75, 3.05) is 148 Å². The zero-order valence-electron chi connectivity index (χ0n) is 80.7. The zero-order chi connectivity index (χ0) is 92.2. The van der Waals surface area contributed by atoms with Crippen LogP contribution in [0.25, 0.3) is 0 Å². The van der Waals surface area contributed by atoms with E-state index in [1.807, 2.05) is 36.4 Å². The molecule has 23 heteroatoms. The van der Waals surface area contributed by atoms with Crippen molar-refractivity contribution >= 4 is 77.5 Å². The van der Waals surface area contributed by atoms with E-state index in [0.29, 0.717) is 12.8 Å². The molecule has 0 fully saturated rings. The summed E-state index contributed by atoms with van der Waals surface area (Å²) in [6, 6.07) is 40.1. The lowest BCUT2D eigenvalue weighted by atomic mass is 9.80. The largest absolute Gasteiger partial charge is 1.00 e. The number of hydrogen-bond acceptors (Lipinski definition) is 10. The number of anilines is 2. The van der Waals surface area contributed by atoms with Crippen LogP contribution in [0.5, 0.6) is 0 Å². The van der Waals surface area contributed by atoms with Gasteiger partial charge in [-0.15, -0.1) is 0 Å². The number of fused-ring (bicyclic) bond motifs is 4. The number of aryl methyl sites for hydroxylation is 4. The molecule has 6 aromatic rings. The summed E-state index contributed by atoms with van der Waals surface area (Å²) >= 11 is 0. The number of benzene rings is 6.